The smallest absolute Gasteiger partial charge is 0.0132 e. The van der Waals surface area contributed by atoms with Crippen LogP contribution >= 0.6 is 0 Å². The first-order chi connectivity index (χ1) is 12.7. The van der Waals surface area contributed by atoms with Gasteiger partial charge in [0.2, 0.25) is 0 Å². The van der Waals surface area contributed by atoms with Crippen LogP contribution in [0.5, 0.6) is 0 Å². The van der Waals surface area contributed by atoms with Crippen LogP contribution in [0.25, 0.3) is 5.57 Å². The molecule has 0 aliphatic rings. The molecule has 27 heavy (non-hydrogen) atoms. The van der Waals surface area contributed by atoms with Crippen molar-refractivity contribution in [2.45, 2.75) is 87.5 Å². The van der Waals surface area contributed by atoms with Gasteiger partial charge in [-0.05, 0) is 66.8 Å². The highest BCUT2D eigenvalue weighted by Crippen LogP contribution is 2.26. The van der Waals surface area contributed by atoms with Gasteiger partial charge < -0.3 is 0 Å². The second-order valence-corrected chi connectivity index (χ2v) is 7.84. The zero-order valence-corrected chi connectivity index (χ0v) is 19.6. The highest BCUT2D eigenvalue weighted by molar-refractivity contribution is 5.65. The predicted octanol–water partition coefficient (Wildman–Crippen LogP) is 8.47. The fourth-order valence-electron chi connectivity index (χ4n) is 3.14. The molecule has 0 radical (unpaired) electrons. The van der Waals surface area contributed by atoms with Gasteiger partial charge in [0, 0.05) is 0 Å². The summed E-state index contributed by atoms with van der Waals surface area (Å²) in [4.78, 5) is 0. The van der Waals surface area contributed by atoms with Crippen LogP contribution < -0.4 is 0 Å². The zero-order valence-electron chi connectivity index (χ0n) is 19.6. The molecule has 0 aliphatic carbocycles. The summed E-state index contributed by atoms with van der Waals surface area (Å²) in [5.74, 6) is 0. The molecule has 0 N–H and O–H groups in total. The molecular formula is C27H42. The summed E-state index contributed by atoms with van der Waals surface area (Å²) in [5.41, 5.74) is 9.71. The van der Waals surface area contributed by atoms with Gasteiger partial charge in [0.25, 0.3) is 0 Å². The van der Waals surface area contributed by atoms with Crippen molar-refractivity contribution in [1.29, 1.82) is 0 Å². The van der Waals surface area contributed by atoms with Crippen molar-refractivity contribution in [3.8, 4) is 0 Å². The van der Waals surface area contributed by atoms with E-state index in [0.717, 1.165) is 18.4 Å². The molecular weight excluding hydrogens is 324 g/mol. The fraction of sp³-hybridized carbons (Fsp3) is 0.481. The Morgan fingerprint density at radius 1 is 0.889 bits per heavy atom. The molecule has 0 aromatic heterocycles. The van der Waals surface area contributed by atoms with Gasteiger partial charge >= 0.3 is 0 Å². The Kier molecular flexibility index (Phi) is 11.0. The minimum atomic E-state index is 0.201. The second-order valence-electron chi connectivity index (χ2n) is 7.84. The van der Waals surface area contributed by atoms with Crippen LogP contribution in [-0.2, 0) is 18.3 Å². The third-order valence-corrected chi connectivity index (χ3v) is 4.54. The molecule has 0 heteroatoms. The highest BCUT2D eigenvalue weighted by atomic mass is 14.2. The first kappa shape index (κ1) is 25.2. The zero-order chi connectivity index (χ0) is 21.2. The van der Waals surface area contributed by atoms with Gasteiger partial charge in [-0.3, -0.25) is 0 Å². The van der Waals surface area contributed by atoms with Crippen LogP contribution in [0.2, 0.25) is 0 Å². The maximum Gasteiger partial charge on any atom is -0.0132 e. The number of hydrogen-bond donors (Lipinski definition) is 0. The van der Waals surface area contributed by atoms with E-state index >= 15 is 0 Å². The Labute approximate surface area is 169 Å². The Balaban J connectivity index is 0.00000158. The molecule has 150 valence electrons. The molecule has 0 unspecified atom stereocenters. The normalized spacial score (nSPS) is 10.3. The lowest BCUT2D eigenvalue weighted by Gasteiger charge is -2.21. The topological polar surface area (TPSA) is 0 Å². The SMILES string of the molecule is C=C(C)c1cccc(C)c1CCc1cc(C)cc(C(C)(C)C)c1.CC.CC. The molecule has 0 nitrogen and oxygen atoms in total. The average Bonchev–Trinajstić information content (AvgIpc) is 2.62. The van der Waals surface area contributed by atoms with Crippen LogP contribution in [0, 0.1) is 13.8 Å². The van der Waals surface area contributed by atoms with Crippen molar-refractivity contribution in [2.75, 3.05) is 0 Å². The maximum atomic E-state index is 4.14. The van der Waals surface area contributed by atoms with E-state index in [2.05, 4.69) is 84.5 Å². The van der Waals surface area contributed by atoms with E-state index in [1.165, 1.54) is 33.4 Å². The summed E-state index contributed by atoms with van der Waals surface area (Å²) in [7, 11) is 0. The molecule has 0 atom stereocenters. The number of allylic oxidation sites excluding steroid dienone is 1. The summed E-state index contributed by atoms with van der Waals surface area (Å²) in [6, 6.07) is 13.6. The fourth-order valence-corrected chi connectivity index (χ4v) is 3.14. The Hall–Kier alpha value is -1.82. The van der Waals surface area contributed by atoms with Crippen molar-refractivity contribution in [3.63, 3.8) is 0 Å². The Bertz CT molecular complexity index is 711. The Morgan fingerprint density at radius 2 is 1.48 bits per heavy atom. The molecule has 0 saturated heterocycles. The molecule has 2 rings (SSSR count). The molecule has 2 aromatic rings. The van der Waals surface area contributed by atoms with Crippen LogP contribution in [0.15, 0.2) is 43.0 Å². The van der Waals surface area contributed by atoms with Gasteiger partial charge in [-0.25, -0.2) is 0 Å². The van der Waals surface area contributed by atoms with E-state index in [1.807, 2.05) is 27.7 Å². The molecule has 0 heterocycles. The van der Waals surface area contributed by atoms with Crippen molar-refractivity contribution >= 4 is 5.57 Å². The van der Waals surface area contributed by atoms with Gasteiger partial charge in [0.15, 0.2) is 0 Å². The largest absolute Gasteiger partial charge is 0.0955 e. The van der Waals surface area contributed by atoms with E-state index in [4.69, 9.17) is 0 Å². The summed E-state index contributed by atoms with van der Waals surface area (Å²) in [5, 5.41) is 0. The van der Waals surface area contributed by atoms with E-state index in [1.54, 1.807) is 0 Å². The third-order valence-electron chi connectivity index (χ3n) is 4.54. The molecule has 0 fully saturated rings. The van der Waals surface area contributed by atoms with Crippen LogP contribution in [0.3, 0.4) is 0 Å². The van der Waals surface area contributed by atoms with Crippen LogP contribution in [0.1, 0.15) is 88.8 Å². The molecule has 0 saturated carbocycles. The molecule has 0 amide bonds. The maximum absolute atomic E-state index is 4.14. The average molecular weight is 367 g/mol. The lowest BCUT2D eigenvalue weighted by atomic mass is 9.84. The van der Waals surface area contributed by atoms with Crippen molar-refractivity contribution < 1.29 is 0 Å². The van der Waals surface area contributed by atoms with Crippen molar-refractivity contribution in [3.05, 3.63) is 76.4 Å². The lowest BCUT2D eigenvalue weighted by Crippen LogP contribution is -2.12. The minimum absolute atomic E-state index is 0.201. The van der Waals surface area contributed by atoms with Gasteiger partial charge in [0.05, 0.1) is 0 Å². The quantitative estimate of drug-likeness (QED) is 0.509. The van der Waals surface area contributed by atoms with E-state index in [0.29, 0.717) is 0 Å². The number of aryl methyl sites for hydroxylation is 3. The van der Waals surface area contributed by atoms with Crippen molar-refractivity contribution in [2.24, 2.45) is 0 Å². The third kappa shape index (κ3) is 7.75. The minimum Gasteiger partial charge on any atom is -0.0955 e. The molecule has 0 spiro atoms. The van der Waals surface area contributed by atoms with Crippen LogP contribution in [-0.4, -0.2) is 0 Å². The molecule has 0 bridgehead atoms. The van der Waals surface area contributed by atoms with Crippen molar-refractivity contribution in [1.82, 2.24) is 0 Å². The van der Waals surface area contributed by atoms with Gasteiger partial charge in [-0.15, -0.1) is 0 Å². The van der Waals surface area contributed by atoms with Gasteiger partial charge in [-0.2, -0.15) is 0 Å². The number of benzene rings is 2. The van der Waals surface area contributed by atoms with Gasteiger partial charge in [-0.1, -0.05) is 103 Å². The van der Waals surface area contributed by atoms with E-state index < -0.39 is 0 Å². The number of hydrogen-bond acceptors (Lipinski definition) is 0. The predicted molar refractivity (Wildman–Crippen MR) is 126 cm³/mol. The van der Waals surface area contributed by atoms with Gasteiger partial charge in [0.1, 0.15) is 0 Å². The first-order valence-corrected chi connectivity index (χ1v) is 10.5. The monoisotopic (exact) mass is 366 g/mol. The Morgan fingerprint density at radius 3 is 2.00 bits per heavy atom. The van der Waals surface area contributed by atoms with Crippen LogP contribution in [0.4, 0.5) is 0 Å². The number of rotatable bonds is 4. The summed E-state index contributed by atoms with van der Waals surface area (Å²) < 4.78 is 0. The first-order valence-electron chi connectivity index (χ1n) is 10.5. The second kappa shape index (κ2) is 11.8. The summed E-state index contributed by atoms with van der Waals surface area (Å²) in [6.45, 7) is 25.5. The summed E-state index contributed by atoms with van der Waals surface area (Å²) >= 11 is 0. The highest BCUT2D eigenvalue weighted by Gasteiger charge is 2.15. The molecule has 2 aromatic carbocycles. The van der Waals surface area contributed by atoms with E-state index in [-0.39, 0.29) is 5.41 Å². The standard InChI is InChI=1S/C23H30.2C2H6/c1-16(2)21-10-8-9-18(4)22(21)12-11-19-13-17(3)14-20(15-19)23(5,6)7;2*1-2/h8-10,13-15H,1,11-12H2,2-7H3;2*1-2H3. The lowest BCUT2D eigenvalue weighted by molar-refractivity contribution is 0.588. The molecule has 0 aliphatic heterocycles. The summed E-state index contributed by atoms with van der Waals surface area (Å²) in [6.07, 6.45) is 2.15. The van der Waals surface area contributed by atoms with E-state index in [9.17, 15) is 0 Å².